The quantitative estimate of drug-likeness (QED) is 0.857. The Balaban J connectivity index is 2.03. The highest BCUT2D eigenvalue weighted by Crippen LogP contribution is 2.30. The van der Waals surface area contributed by atoms with Gasteiger partial charge >= 0.3 is 0 Å². The van der Waals surface area contributed by atoms with E-state index in [-0.39, 0.29) is 24.0 Å². The summed E-state index contributed by atoms with van der Waals surface area (Å²) in [5, 5.41) is 12.6. The van der Waals surface area contributed by atoms with Gasteiger partial charge in [0.05, 0.1) is 18.1 Å². The van der Waals surface area contributed by atoms with Crippen molar-refractivity contribution in [3.8, 4) is 0 Å². The lowest BCUT2D eigenvalue weighted by Gasteiger charge is -2.29. The summed E-state index contributed by atoms with van der Waals surface area (Å²) in [7, 11) is 0. The fourth-order valence-electron chi connectivity index (χ4n) is 2.64. The van der Waals surface area contributed by atoms with Crippen molar-refractivity contribution in [2.75, 3.05) is 6.61 Å². The standard InChI is InChI=1S/C15H21NO2/c1-12(13-7-3-2-4-8-13)14(18)16-15(11-17)9-5-6-10-15/h2-4,7-8,12,17H,5-6,9-11H2,1H3,(H,16,18). The Kier molecular flexibility index (Phi) is 4.02. The molecule has 0 aliphatic heterocycles. The molecule has 1 saturated carbocycles. The van der Waals surface area contributed by atoms with Gasteiger partial charge in [-0.3, -0.25) is 4.79 Å². The lowest BCUT2D eigenvalue weighted by atomic mass is 9.95. The van der Waals surface area contributed by atoms with E-state index in [1.165, 1.54) is 0 Å². The molecule has 3 nitrogen and oxygen atoms in total. The number of amides is 1. The molecule has 0 radical (unpaired) electrons. The highest BCUT2D eigenvalue weighted by molar-refractivity contribution is 5.83. The predicted molar refractivity (Wildman–Crippen MR) is 71.3 cm³/mol. The topological polar surface area (TPSA) is 49.3 Å². The average molecular weight is 247 g/mol. The molecular weight excluding hydrogens is 226 g/mol. The fraction of sp³-hybridized carbons (Fsp3) is 0.533. The van der Waals surface area contributed by atoms with Crippen LogP contribution in [0.25, 0.3) is 0 Å². The molecule has 0 bridgehead atoms. The first kappa shape index (κ1) is 13.1. The van der Waals surface area contributed by atoms with Crippen molar-refractivity contribution < 1.29 is 9.90 Å². The van der Waals surface area contributed by atoms with Crippen molar-refractivity contribution in [1.82, 2.24) is 5.32 Å². The zero-order valence-corrected chi connectivity index (χ0v) is 10.9. The molecule has 2 N–H and O–H groups in total. The molecule has 0 aromatic heterocycles. The van der Waals surface area contributed by atoms with Gasteiger partial charge in [-0.2, -0.15) is 0 Å². The van der Waals surface area contributed by atoms with E-state index in [0.29, 0.717) is 0 Å². The van der Waals surface area contributed by atoms with Gasteiger partial charge in [0.15, 0.2) is 0 Å². The largest absolute Gasteiger partial charge is 0.394 e. The Labute approximate surface area is 108 Å². The van der Waals surface area contributed by atoms with Crippen LogP contribution in [0.1, 0.15) is 44.1 Å². The van der Waals surface area contributed by atoms with E-state index in [2.05, 4.69) is 5.32 Å². The Hall–Kier alpha value is -1.35. The van der Waals surface area contributed by atoms with Gasteiger partial charge in [-0.1, -0.05) is 43.2 Å². The second-order valence-corrected chi connectivity index (χ2v) is 5.27. The van der Waals surface area contributed by atoms with Crippen LogP contribution in [-0.2, 0) is 4.79 Å². The summed E-state index contributed by atoms with van der Waals surface area (Å²) in [6.45, 7) is 1.95. The molecule has 18 heavy (non-hydrogen) atoms. The highest BCUT2D eigenvalue weighted by Gasteiger charge is 2.35. The number of aliphatic hydroxyl groups is 1. The first-order valence-corrected chi connectivity index (χ1v) is 6.65. The van der Waals surface area contributed by atoms with Gasteiger partial charge < -0.3 is 10.4 Å². The maximum atomic E-state index is 12.2. The fourth-order valence-corrected chi connectivity index (χ4v) is 2.64. The summed E-state index contributed by atoms with van der Waals surface area (Å²) in [6, 6.07) is 9.75. The number of rotatable bonds is 4. The number of carbonyl (C=O) groups is 1. The average Bonchev–Trinajstić information content (AvgIpc) is 2.88. The number of hydrogen-bond donors (Lipinski definition) is 2. The van der Waals surface area contributed by atoms with Crippen molar-refractivity contribution in [3.63, 3.8) is 0 Å². The van der Waals surface area contributed by atoms with Crippen molar-refractivity contribution in [3.05, 3.63) is 35.9 Å². The lowest BCUT2D eigenvalue weighted by molar-refractivity contribution is -0.124. The van der Waals surface area contributed by atoms with E-state index >= 15 is 0 Å². The molecule has 1 aromatic carbocycles. The van der Waals surface area contributed by atoms with E-state index in [1.807, 2.05) is 37.3 Å². The van der Waals surface area contributed by atoms with Crippen LogP contribution in [0.2, 0.25) is 0 Å². The van der Waals surface area contributed by atoms with E-state index in [0.717, 1.165) is 31.2 Å². The zero-order chi connectivity index (χ0) is 13.0. The van der Waals surface area contributed by atoms with Gasteiger partial charge in [0.2, 0.25) is 5.91 Å². The van der Waals surface area contributed by atoms with Gasteiger partial charge in [0.25, 0.3) is 0 Å². The Morgan fingerprint density at radius 2 is 1.94 bits per heavy atom. The van der Waals surface area contributed by atoms with Crippen LogP contribution in [0.4, 0.5) is 0 Å². The van der Waals surface area contributed by atoms with Crippen LogP contribution >= 0.6 is 0 Å². The van der Waals surface area contributed by atoms with Crippen LogP contribution in [0, 0.1) is 0 Å². The Morgan fingerprint density at radius 1 is 1.33 bits per heavy atom. The minimum absolute atomic E-state index is 0.0113. The molecule has 1 amide bonds. The minimum atomic E-state index is -0.375. The molecule has 1 aromatic rings. The van der Waals surface area contributed by atoms with Gasteiger partial charge in [0, 0.05) is 0 Å². The summed E-state index contributed by atoms with van der Waals surface area (Å²) in [6.07, 6.45) is 3.94. The van der Waals surface area contributed by atoms with Crippen LogP contribution < -0.4 is 5.32 Å². The van der Waals surface area contributed by atoms with Gasteiger partial charge in [0.1, 0.15) is 0 Å². The van der Waals surface area contributed by atoms with E-state index < -0.39 is 0 Å². The van der Waals surface area contributed by atoms with Gasteiger partial charge in [-0.25, -0.2) is 0 Å². The molecule has 0 spiro atoms. The summed E-state index contributed by atoms with van der Waals surface area (Å²) < 4.78 is 0. The number of benzene rings is 1. The van der Waals surface area contributed by atoms with Crippen molar-refractivity contribution >= 4 is 5.91 Å². The molecule has 0 saturated heterocycles. The molecule has 2 rings (SSSR count). The molecule has 98 valence electrons. The van der Waals surface area contributed by atoms with Crippen molar-refractivity contribution in [1.29, 1.82) is 0 Å². The molecule has 1 fully saturated rings. The predicted octanol–water partition coefficient (Wildman–Crippen LogP) is 2.21. The number of aliphatic hydroxyl groups excluding tert-OH is 1. The molecule has 1 atom stereocenters. The normalized spacial score (nSPS) is 19.4. The molecule has 1 aliphatic rings. The van der Waals surface area contributed by atoms with Crippen LogP contribution in [0.5, 0.6) is 0 Å². The third-order valence-electron chi connectivity index (χ3n) is 3.94. The highest BCUT2D eigenvalue weighted by atomic mass is 16.3. The smallest absolute Gasteiger partial charge is 0.227 e. The number of hydrogen-bond acceptors (Lipinski definition) is 2. The molecule has 0 heterocycles. The van der Waals surface area contributed by atoms with Crippen LogP contribution in [0.3, 0.4) is 0 Å². The summed E-state index contributed by atoms with van der Waals surface area (Å²) in [5.74, 6) is -0.160. The SMILES string of the molecule is CC(C(=O)NC1(CO)CCCC1)c1ccccc1. The van der Waals surface area contributed by atoms with E-state index in [4.69, 9.17) is 0 Å². The lowest BCUT2D eigenvalue weighted by Crippen LogP contribution is -2.50. The van der Waals surface area contributed by atoms with Crippen molar-refractivity contribution in [2.24, 2.45) is 0 Å². The molecular formula is C15H21NO2. The third kappa shape index (κ3) is 2.72. The molecule has 1 unspecified atom stereocenters. The minimum Gasteiger partial charge on any atom is -0.394 e. The maximum absolute atomic E-state index is 12.2. The molecule has 1 aliphatic carbocycles. The van der Waals surface area contributed by atoms with Gasteiger partial charge in [-0.05, 0) is 25.3 Å². The van der Waals surface area contributed by atoms with E-state index in [1.54, 1.807) is 0 Å². The monoisotopic (exact) mass is 247 g/mol. The Bertz CT molecular complexity index is 396. The number of nitrogens with one attached hydrogen (secondary N) is 1. The maximum Gasteiger partial charge on any atom is 0.227 e. The molecule has 3 heteroatoms. The first-order chi connectivity index (χ1) is 8.67. The van der Waals surface area contributed by atoms with E-state index in [9.17, 15) is 9.90 Å². The first-order valence-electron chi connectivity index (χ1n) is 6.65. The zero-order valence-electron chi connectivity index (χ0n) is 10.9. The summed E-state index contributed by atoms with van der Waals surface area (Å²) >= 11 is 0. The van der Waals surface area contributed by atoms with Crippen molar-refractivity contribution in [2.45, 2.75) is 44.1 Å². The van der Waals surface area contributed by atoms with Gasteiger partial charge in [-0.15, -0.1) is 0 Å². The van der Waals surface area contributed by atoms with Crippen LogP contribution in [0.15, 0.2) is 30.3 Å². The second-order valence-electron chi connectivity index (χ2n) is 5.27. The Morgan fingerprint density at radius 3 is 2.50 bits per heavy atom. The number of carbonyl (C=O) groups excluding carboxylic acids is 1. The second kappa shape index (κ2) is 5.53. The van der Waals surface area contributed by atoms with Crippen LogP contribution in [-0.4, -0.2) is 23.2 Å². The summed E-state index contributed by atoms with van der Waals surface area (Å²) in [4.78, 5) is 12.2. The summed E-state index contributed by atoms with van der Waals surface area (Å²) in [5.41, 5.74) is 0.640. The third-order valence-corrected chi connectivity index (χ3v) is 3.94.